The van der Waals surface area contributed by atoms with E-state index >= 15 is 0 Å². The smallest absolute Gasteiger partial charge is 0.387 e. The normalized spacial score (nSPS) is 12.0. The number of aromatic nitrogens is 1. The number of carbonyl (C=O) groups excluding carboxylic acids is 4. The molecule has 1 aromatic heterocycles. The van der Waals surface area contributed by atoms with Gasteiger partial charge in [-0.25, -0.2) is 4.79 Å². The Morgan fingerprint density at radius 1 is 0.636 bits per heavy atom. The van der Waals surface area contributed by atoms with Crippen molar-refractivity contribution >= 4 is 84.0 Å². The predicted octanol–water partition coefficient (Wildman–Crippen LogP) is 7.30. The topological polar surface area (TPSA) is 357 Å². The summed E-state index contributed by atoms with van der Waals surface area (Å²) in [6, 6.07) is 20.2. The van der Waals surface area contributed by atoms with E-state index in [9.17, 15) is 63.2 Å². The first-order chi connectivity index (χ1) is 41.3. The highest BCUT2D eigenvalue weighted by atomic mass is 35.5. The monoisotopic (exact) mass is 1330 g/mol. The van der Waals surface area contributed by atoms with Crippen molar-refractivity contribution in [1.82, 2.24) is 5.32 Å². The van der Waals surface area contributed by atoms with Crippen molar-refractivity contribution in [1.29, 1.82) is 0 Å². The van der Waals surface area contributed by atoms with Crippen LogP contribution in [0.2, 0.25) is 10.0 Å². The molecule has 7 rings (SSSR count). The van der Waals surface area contributed by atoms with Gasteiger partial charge < -0.3 is 61.2 Å². The van der Waals surface area contributed by atoms with Crippen molar-refractivity contribution in [3.8, 4) is 57.5 Å². The Morgan fingerprint density at radius 2 is 1.09 bits per heavy atom. The summed E-state index contributed by atoms with van der Waals surface area (Å²) in [5, 5.41) is 30.1. The van der Waals surface area contributed by atoms with Gasteiger partial charge in [0.2, 0.25) is 12.4 Å². The number of phenolic OH excluding ortho intramolecular Hbond substituents is 1. The molecule has 6 aromatic rings. The molecule has 0 aliphatic heterocycles. The van der Waals surface area contributed by atoms with Crippen molar-refractivity contribution < 1.29 is 124 Å². The van der Waals surface area contributed by atoms with Crippen LogP contribution in [0.1, 0.15) is 71.5 Å². The summed E-state index contributed by atoms with van der Waals surface area (Å²) in [7, 11) is -5.85. The molecule has 0 spiro atoms. The quantitative estimate of drug-likeness (QED) is 0.0143. The van der Waals surface area contributed by atoms with Crippen molar-refractivity contribution in [3.05, 3.63) is 147 Å². The number of methoxy groups -OCH3 is 4. The fourth-order valence-corrected chi connectivity index (χ4v) is 8.96. The number of amides is 1. The number of nitrogens with zero attached hydrogens (tertiary/aromatic N) is 1. The van der Waals surface area contributed by atoms with Gasteiger partial charge in [-0.1, -0.05) is 29.3 Å². The van der Waals surface area contributed by atoms with E-state index in [-0.39, 0.29) is 91.9 Å². The number of aldehydes is 2. The Labute approximate surface area is 513 Å². The number of aromatic hydroxyl groups is 1. The van der Waals surface area contributed by atoms with Gasteiger partial charge in [-0.3, -0.25) is 24.4 Å². The molecular weight excluding hydrogens is 1280 g/mol. The molecule has 4 N–H and O–H groups in total. The van der Waals surface area contributed by atoms with Crippen LogP contribution in [0, 0.1) is 5.92 Å². The Kier molecular flexibility index (Phi) is 26.6. The predicted molar refractivity (Wildman–Crippen MR) is 308 cm³/mol. The van der Waals surface area contributed by atoms with Crippen LogP contribution in [0.15, 0.2) is 103 Å². The lowest BCUT2D eigenvalue weighted by Gasteiger charge is -2.21. The molecule has 1 amide bonds. The molecule has 1 heterocycles. The van der Waals surface area contributed by atoms with Crippen LogP contribution in [-0.2, 0) is 46.3 Å². The highest BCUT2D eigenvalue weighted by Crippen LogP contribution is 2.39. The standard InChI is InChI=1S/C29H28Cl2F2N2O10S.C9H10O6S.C9H10O5S.C8H8O3/c1-41-22-7-6-18(10-26(22)45-46(2,39)40)28(37)34-12-27(36)43-24(11-19-20(30)13-35(38)14-21(19)31)17-5-8-23(44-29(32)33)25(9-17)42-15-16-3-4-16;1-14-7-4-3-6(9(10)11)5-8(7)15-16(2,12)13;1-13-8-4-3-7(6-10)5-9(8)14-15(2,11)12;1-11-8-3-2-6(5-9)4-7(8)10/h5-10,13-14,16,24,29H,3-4,11-12,15H2,1-2H3,(H-,34,37,38);3-5H,1-2H3,(H,10,11);3-6H,1-2H3;2-5,10H,1H3/p+1/t24-;;;/m0.../s1. The van der Waals surface area contributed by atoms with Gasteiger partial charge in [-0.15, -0.1) is 0 Å². The molecule has 88 heavy (non-hydrogen) atoms. The minimum atomic E-state index is -3.94. The molecule has 0 saturated heterocycles. The number of rotatable bonds is 25. The summed E-state index contributed by atoms with van der Waals surface area (Å²) in [5.74, 6) is -2.35. The van der Waals surface area contributed by atoms with Crippen LogP contribution in [0.25, 0.3) is 0 Å². The molecule has 0 unspecified atom stereocenters. The molecule has 33 heteroatoms. The largest absolute Gasteiger partial charge is 0.504 e. The van der Waals surface area contributed by atoms with Crippen LogP contribution in [0.5, 0.6) is 57.5 Å². The van der Waals surface area contributed by atoms with Crippen LogP contribution < -0.4 is 51.0 Å². The summed E-state index contributed by atoms with van der Waals surface area (Å²) in [6.45, 7) is -3.47. The number of phenols is 1. The van der Waals surface area contributed by atoms with Gasteiger partial charge >= 0.3 is 48.9 Å². The maximum absolute atomic E-state index is 13.1. The van der Waals surface area contributed by atoms with E-state index in [1.807, 2.05) is 0 Å². The van der Waals surface area contributed by atoms with Gasteiger partial charge in [0.25, 0.3) is 5.91 Å². The van der Waals surface area contributed by atoms with Gasteiger partial charge in [-0.05, 0) is 103 Å². The number of alkyl halides is 2. The second-order valence-electron chi connectivity index (χ2n) is 18.0. The molecule has 1 fully saturated rings. The minimum Gasteiger partial charge on any atom is -0.504 e. The third kappa shape index (κ3) is 24.1. The number of halogens is 4. The molecule has 0 radical (unpaired) electrons. The number of carboxylic acid groups (broad SMARTS) is 1. The number of hydrogen-bond donors (Lipinski definition) is 4. The Balaban J connectivity index is 0.000000316. The fraction of sp³-hybridized carbons (Fsp3) is 0.273. The number of benzene rings is 5. The lowest BCUT2D eigenvalue weighted by molar-refractivity contribution is -0.904. The maximum Gasteiger partial charge on any atom is 0.387 e. The second-order valence-corrected chi connectivity index (χ2v) is 23.5. The average Bonchev–Trinajstić information content (AvgIpc) is 4.47. The Bertz CT molecular complexity index is 3800. The first-order valence-corrected chi connectivity index (χ1v) is 31.0. The van der Waals surface area contributed by atoms with E-state index in [1.54, 1.807) is 12.1 Å². The van der Waals surface area contributed by atoms with Gasteiger partial charge in [0, 0.05) is 39.5 Å². The van der Waals surface area contributed by atoms with E-state index in [1.165, 1.54) is 108 Å². The van der Waals surface area contributed by atoms with Crippen molar-refractivity contribution in [2.45, 2.75) is 32.0 Å². The molecular formula is C55H57Cl2F2N2O24S3+. The number of esters is 1. The Hall–Kier alpha value is -8.91. The SMILES string of the molecule is COc1ccc(C(=O)NCC(=O)O[C@@H](Cc2c(Cl)c[n+](O)cc2Cl)c2ccc(OC(F)F)c(OCC3CC3)c2)cc1OS(C)(=O)=O.COc1ccc(C(=O)O)cc1OS(C)(=O)=O.COc1ccc(C=O)cc1O.COc1ccc(C=O)cc1OS(C)(=O)=O. The fourth-order valence-electron chi connectivity index (χ4n) is 6.98. The van der Waals surface area contributed by atoms with Gasteiger partial charge in [0.15, 0.2) is 57.5 Å². The van der Waals surface area contributed by atoms with Gasteiger partial charge in [-0.2, -0.15) is 34.0 Å². The number of carboxylic acids is 1. The molecule has 1 aliphatic rings. The van der Waals surface area contributed by atoms with E-state index < -0.39 is 67.5 Å². The van der Waals surface area contributed by atoms with Gasteiger partial charge in [0.05, 0.1) is 59.4 Å². The zero-order valence-electron chi connectivity index (χ0n) is 47.3. The molecule has 476 valence electrons. The molecule has 1 aliphatic carbocycles. The van der Waals surface area contributed by atoms with Crippen molar-refractivity contribution in [3.63, 3.8) is 0 Å². The van der Waals surface area contributed by atoms with Crippen LogP contribution in [0.3, 0.4) is 0 Å². The molecule has 26 nitrogen and oxygen atoms in total. The molecule has 1 atom stereocenters. The number of aromatic carboxylic acids is 1. The van der Waals surface area contributed by atoms with Crippen molar-refractivity contribution in [2.24, 2.45) is 5.92 Å². The van der Waals surface area contributed by atoms with Gasteiger partial charge in [0.1, 0.15) is 35.3 Å². The third-order valence-electron chi connectivity index (χ3n) is 11.1. The van der Waals surface area contributed by atoms with E-state index in [0.717, 1.165) is 43.7 Å². The van der Waals surface area contributed by atoms with Crippen LogP contribution in [-0.4, -0.2) is 138 Å². The lowest BCUT2D eigenvalue weighted by atomic mass is 10.0. The summed E-state index contributed by atoms with van der Waals surface area (Å²) in [5.41, 5.74) is 1.21. The van der Waals surface area contributed by atoms with E-state index in [0.29, 0.717) is 45.3 Å². The summed E-state index contributed by atoms with van der Waals surface area (Å²) < 4.78 is 143. The molecule has 1 saturated carbocycles. The first kappa shape index (κ1) is 71.6. The van der Waals surface area contributed by atoms with E-state index in [2.05, 4.69) is 18.4 Å². The molecule has 0 bridgehead atoms. The average molecular weight is 1340 g/mol. The zero-order valence-corrected chi connectivity index (χ0v) is 51.3. The number of nitrogens with one attached hydrogen (secondary N) is 1. The van der Waals surface area contributed by atoms with Crippen molar-refractivity contribution in [2.75, 3.05) is 60.4 Å². The second kappa shape index (κ2) is 32.7. The Morgan fingerprint density at radius 3 is 1.55 bits per heavy atom. The zero-order chi connectivity index (χ0) is 65.7. The van der Waals surface area contributed by atoms with Crippen LogP contribution >= 0.6 is 23.2 Å². The highest BCUT2D eigenvalue weighted by Gasteiger charge is 2.28. The lowest BCUT2D eigenvalue weighted by Crippen LogP contribution is -2.32. The highest BCUT2D eigenvalue weighted by molar-refractivity contribution is 7.86. The first-order valence-electron chi connectivity index (χ1n) is 24.8. The number of pyridine rings is 1. The number of hydrogen-bond acceptors (Lipinski definition) is 23. The van der Waals surface area contributed by atoms with E-state index in [4.69, 9.17) is 66.0 Å². The van der Waals surface area contributed by atoms with Crippen LogP contribution in [0.4, 0.5) is 8.78 Å². The number of ether oxygens (including phenoxy) is 7. The minimum absolute atomic E-state index is 0.00382. The summed E-state index contributed by atoms with van der Waals surface area (Å²) in [4.78, 5) is 57.2. The summed E-state index contributed by atoms with van der Waals surface area (Å²) >= 11 is 12.6. The molecule has 5 aromatic carbocycles. The number of carbonyl (C=O) groups is 5. The summed E-state index contributed by atoms with van der Waals surface area (Å²) in [6.07, 6.45) is 6.82. The maximum atomic E-state index is 13.1. The third-order valence-corrected chi connectivity index (χ3v) is 13.2.